The zero-order valence-corrected chi connectivity index (χ0v) is 11.7. The van der Waals surface area contributed by atoms with Crippen LogP contribution in [0.1, 0.15) is 1.43 Å². The summed E-state index contributed by atoms with van der Waals surface area (Å²) < 4.78 is 17.1. The van der Waals surface area contributed by atoms with E-state index >= 15 is 0 Å². The molecule has 45 valence electrons. The van der Waals surface area contributed by atoms with Gasteiger partial charge >= 0.3 is 76.2 Å². The molecule has 0 fully saturated rings. The molecule has 0 aliphatic heterocycles. The van der Waals surface area contributed by atoms with Crippen LogP contribution >= 0.6 is 37.2 Å². The van der Waals surface area contributed by atoms with E-state index in [4.69, 9.17) is 6.94 Å². The van der Waals surface area contributed by atoms with Crippen LogP contribution in [0, 0.1) is 0 Å². The van der Waals surface area contributed by atoms with E-state index in [2.05, 4.69) is 0 Å². The Labute approximate surface area is 112 Å². The third kappa shape index (κ3) is 52.4. The molecule has 7 heavy (non-hydrogen) atoms. The monoisotopic (exact) mass is 367 g/mol. The third-order valence-corrected chi connectivity index (χ3v) is 0. The van der Waals surface area contributed by atoms with Gasteiger partial charge in [-0.2, -0.15) is 0 Å². The molecule has 2 nitrogen and oxygen atoms in total. The van der Waals surface area contributed by atoms with E-state index < -0.39 is 17.9 Å². The first-order valence-electron chi connectivity index (χ1n) is 0.309. The molecule has 0 aliphatic carbocycles. The van der Waals surface area contributed by atoms with E-state index in [-0.39, 0.29) is 90.0 Å². The summed E-state index contributed by atoms with van der Waals surface area (Å²) in [5.41, 5.74) is 0. The van der Waals surface area contributed by atoms with Gasteiger partial charge in [-0.1, -0.05) is 0 Å². The molecule has 0 atom stereocenters. The molecule has 0 saturated carbocycles. The molecule has 0 heterocycles. The topological polar surface area (TPSA) is 34.1 Å². The summed E-state index contributed by atoms with van der Waals surface area (Å²) in [7, 11) is 0. The van der Waals surface area contributed by atoms with Crippen LogP contribution in [0.2, 0.25) is 0 Å². The van der Waals surface area contributed by atoms with Crippen molar-refractivity contribution in [2.45, 2.75) is 0 Å². The maximum absolute atomic E-state index is 8.53. The molecule has 7 heteroatoms. The Morgan fingerprint density at radius 3 is 1.00 bits per heavy atom. The molecule has 0 saturated heterocycles. The van der Waals surface area contributed by atoms with E-state index in [0.717, 1.165) is 0 Å². The van der Waals surface area contributed by atoms with Crippen molar-refractivity contribution in [2.75, 3.05) is 0 Å². The quantitative estimate of drug-likeness (QED) is 0.471. The molecule has 0 bridgehead atoms. The van der Waals surface area contributed by atoms with Gasteiger partial charge in [0.15, 0.2) is 0 Å². The van der Waals surface area contributed by atoms with E-state index in [1.807, 2.05) is 0 Å². The van der Waals surface area contributed by atoms with Gasteiger partial charge in [-0.15, -0.1) is 37.2 Å². The molecule has 0 radical (unpaired) electrons. The molecular formula is H4Cl3KO2Re. The summed E-state index contributed by atoms with van der Waals surface area (Å²) in [4.78, 5) is 0. The average molecular weight is 368 g/mol. The van der Waals surface area contributed by atoms with Gasteiger partial charge in [0.05, 0.1) is 0 Å². The third-order valence-electron chi connectivity index (χ3n) is 0. The van der Waals surface area contributed by atoms with E-state index in [1.54, 1.807) is 0 Å². The first-order valence-corrected chi connectivity index (χ1v) is 2.53. The van der Waals surface area contributed by atoms with Gasteiger partial charge in [-0.05, 0) is 0 Å². The molecule has 0 amide bonds. The number of hydrogen-bond acceptors (Lipinski definition) is 2. The van der Waals surface area contributed by atoms with Gasteiger partial charge < -0.3 is 1.43 Å². The summed E-state index contributed by atoms with van der Waals surface area (Å²) in [6.45, 7) is 0. The van der Waals surface area contributed by atoms with Crippen LogP contribution in [0.15, 0.2) is 0 Å². The van der Waals surface area contributed by atoms with E-state index in [1.165, 1.54) is 0 Å². The molecule has 0 aromatic rings. The second-order valence-corrected chi connectivity index (χ2v) is 0.516. The van der Waals surface area contributed by atoms with Crippen molar-refractivity contribution in [3.63, 3.8) is 0 Å². The zero-order chi connectivity index (χ0) is 2.71. The first-order chi connectivity index (χ1) is 1.41. The Bertz CT molecular complexity index is 38.3. The molecular weight excluding hydrogens is 364 g/mol. The Morgan fingerprint density at radius 2 is 1.00 bits per heavy atom. The van der Waals surface area contributed by atoms with Crippen LogP contribution in [0.3, 0.4) is 0 Å². The maximum atomic E-state index is 8.53. The molecule has 0 spiro atoms. The number of hydrogen-bond donors (Lipinski definition) is 0. The number of halogens is 3. The van der Waals surface area contributed by atoms with Crippen LogP contribution < -0.4 is 51.4 Å². The van der Waals surface area contributed by atoms with Gasteiger partial charge in [0.2, 0.25) is 0 Å². The normalized spacial score (nSPS) is 1.71. The minimum absolute atomic E-state index is 0. The summed E-state index contributed by atoms with van der Waals surface area (Å²) >= 11 is -2.17. The zero-order valence-electron chi connectivity index (χ0n) is 4.42. The number of rotatable bonds is 0. The fraction of sp³-hybridized carbons (Fsp3) is 0. The molecule has 0 unspecified atom stereocenters. The molecule has 0 aliphatic rings. The first kappa shape index (κ1) is 33.0. The fourth-order valence-electron chi connectivity index (χ4n) is 0. The SMILES string of the molecule is Cl.Cl.Cl.[H-].[K+].[O]=[Re]=[O]. The Morgan fingerprint density at radius 1 is 1.00 bits per heavy atom. The summed E-state index contributed by atoms with van der Waals surface area (Å²) in [5.74, 6) is 0. The van der Waals surface area contributed by atoms with E-state index in [9.17, 15) is 0 Å². The Kier molecular flexibility index (Phi) is 176. The van der Waals surface area contributed by atoms with Crippen LogP contribution in [0.25, 0.3) is 0 Å². The average Bonchev–Trinajstić information content (AvgIpc) is 0.918. The van der Waals surface area contributed by atoms with Crippen molar-refractivity contribution in [1.29, 1.82) is 0 Å². The van der Waals surface area contributed by atoms with E-state index in [0.29, 0.717) is 0 Å². The van der Waals surface area contributed by atoms with Gasteiger partial charge in [0.25, 0.3) is 0 Å². The standard InChI is InChI=1S/3ClH.K.2O.Re.H/h3*1H;;;;;/q;;;+1;;;;-1. The van der Waals surface area contributed by atoms with Crippen LogP contribution in [0.5, 0.6) is 0 Å². The van der Waals surface area contributed by atoms with Crippen molar-refractivity contribution in [1.82, 2.24) is 0 Å². The van der Waals surface area contributed by atoms with Crippen molar-refractivity contribution >= 4 is 37.2 Å². The van der Waals surface area contributed by atoms with Gasteiger partial charge in [0, 0.05) is 0 Å². The van der Waals surface area contributed by atoms with Crippen LogP contribution in [0.4, 0.5) is 0 Å². The summed E-state index contributed by atoms with van der Waals surface area (Å²) in [6, 6.07) is 0. The van der Waals surface area contributed by atoms with Crippen LogP contribution in [-0.2, 0) is 24.8 Å². The minimum atomic E-state index is -2.17. The second kappa shape index (κ2) is 37.3. The molecule has 0 N–H and O–H groups in total. The summed E-state index contributed by atoms with van der Waals surface area (Å²) in [5, 5.41) is 0. The molecule has 0 aromatic heterocycles. The van der Waals surface area contributed by atoms with Crippen molar-refractivity contribution in [3.8, 4) is 0 Å². The van der Waals surface area contributed by atoms with Crippen molar-refractivity contribution < 1.29 is 77.6 Å². The van der Waals surface area contributed by atoms with Crippen molar-refractivity contribution in [3.05, 3.63) is 0 Å². The predicted molar refractivity (Wildman–Crippen MR) is 24.2 cm³/mol. The van der Waals surface area contributed by atoms with Gasteiger partial charge in [-0.3, -0.25) is 0 Å². The Balaban J connectivity index is -0.00000000200. The van der Waals surface area contributed by atoms with Crippen molar-refractivity contribution in [2.24, 2.45) is 0 Å². The van der Waals surface area contributed by atoms with Gasteiger partial charge in [-0.25, -0.2) is 0 Å². The second-order valence-electron chi connectivity index (χ2n) is 0.0630. The molecule has 0 aromatic carbocycles. The summed E-state index contributed by atoms with van der Waals surface area (Å²) in [6.07, 6.45) is 0. The molecule has 0 rings (SSSR count). The van der Waals surface area contributed by atoms with Gasteiger partial charge in [0.1, 0.15) is 0 Å². The Hall–Kier alpha value is 2.77. The van der Waals surface area contributed by atoms with Crippen LogP contribution in [-0.4, -0.2) is 0 Å². The predicted octanol–water partition coefficient (Wildman–Crippen LogP) is -1.86. The fourth-order valence-corrected chi connectivity index (χ4v) is 0.